The van der Waals surface area contributed by atoms with Crippen LogP contribution in [0.2, 0.25) is 0 Å². The fourth-order valence-corrected chi connectivity index (χ4v) is 2.48. The average molecular weight is 324 g/mol. The zero-order valence-corrected chi connectivity index (χ0v) is 13.6. The third kappa shape index (κ3) is 5.77. The maximum absolute atomic E-state index is 12.1. The Morgan fingerprint density at radius 3 is 2.36 bits per heavy atom. The lowest BCUT2D eigenvalue weighted by molar-refractivity contribution is -0.138. The zero-order valence-electron chi connectivity index (χ0n) is 12.8. The Kier molecular flexibility index (Phi) is 6.91. The van der Waals surface area contributed by atoms with Crippen molar-refractivity contribution in [1.82, 2.24) is 10.6 Å². The van der Waals surface area contributed by atoms with Gasteiger partial charge in [0, 0.05) is 10.9 Å². The Morgan fingerprint density at radius 1 is 1.14 bits per heavy atom. The summed E-state index contributed by atoms with van der Waals surface area (Å²) in [6, 6.07) is 5.87. The molecule has 0 bridgehead atoms. The van der Waals surface area contributed by atoms with Crippen molar-refractivity contribution in [3.05, 3.63) is 29.8 Å². The second-order valence-electron chi connectivity index (χ2n) is 5.04. The number of thioether (sulfide) groups is 1. The van der Waals surface area contributed by atoms with E-state index in [1.54, 1.807) is 24.3 Å². The van der Waals surface area contributed by atoms with Gasteiger partial charge in [-0.2, -0.15) is 0 Å². The Bertz CT molecular complexity index is 560. The molecule has 0 saturated heterocycles. The minimum atomic E-state index is -1.10. The summed E-state index contributed by atoms with van der Waals surface area (Å²) in [5.74, 6) is -1.50. The lowest BCUT2D eigenvalue weighted by Gasteiger charge is -2.13. The molecule has 3 N–H and O–H groups in total. The van der Waals surface area contributed by atoms with Gasteiger partial charge in [0.1, 0.15) is 6.04 Å². The molecule has 0 heterocycles. The van der Waals surface area contributed by atoms with E-state index < -0.39 is 17.9 Å². The molecule has 1 aromatic rings. The second kappa shape index (κ2) is 8.43. The van der Waals surface area contributed by atoms with Gasteiger partial charge in [0.2, 0.25) is 5.91 Å². The van der Waals surface area contributed by atoms with Gasteiger partial charge in [0.25, 0.3) is 5.91 Å². The van der Waals surface area contributed by atoms with E-state index in [9.17, 15) is 14.4 Å². The number of amides is 2. The molecule has 2 amide bonds. The van der Waals surface area contributed by atoms with Gasteiger partial charge in [-0.05, 0) is 32.9 Å². The topological polar surface area (TPSA) is 95.5 Å². The molecule has 0 spiro atoms. The van der Waals surface area contributed by atoms with E-state index in [0.29, 0.717) is 10.5 Å². The molecule has 0 aliphatic heterocycles. The number of rotatable bonds is 7. The van der Waals surface area contributed by atoms with Crippen molar-refractivity contribution in [2.24, 2.45) is 0 Å². The molecule has 0 aromatic heterocycles. The van der Waals surface area contributed by atoms with Gasteiger partial charge in [-0.1, -0.05) is 12.1 Å². The molecular formula is C15H20N2O4S. The van der Waals surface area contributed by atoms with Gasteiger partial charge in [-0.25, -0.2) is 0 Å². The number of hydrogen-bond donors (Lipinski definition) is 3. The Labute approximate surface area is 133 Å². The lowest BCUT2D eigenvalue weighted by Crippen LogP contribution is -2.38. The molecule has 0 saturated carbocycles. The lowest BCUT2D eigenvalue weighted by atomic mass is 10.2. The van der Waals surface area contributed by atoms with E-state index in [0.717, 1.165) is 0 Å². The molecule has 0 aliphatic rings. The molecule has 120 valence electrons. The Balaban J connectivity index is 2.75. The highest BCUT2D eigenvalue weighted by atomic mass is 32.2. The number of carbonyl (C=O) groups excluding carboxylic acids is 2. The number of carboxylic acid groups (broad SMARTS) is 1. The zero-order chi connectivity index (χ0) is 16.7. The van der Waals surface area contributed by atoms with E-state index in [1.165, 1.54) is 18.7 Å². The first kappa shape index (κ1) is 18.0. The molecule has 1 aromatic carbocycles. The molecule has 1 rings (SSSR count). The summed E-state index contributed by atoms with van der Waals surface area (Å²) in [7, 11) is 0. The Hall–Kier alpha value is -2.02. The fourth-order valence-electron chi connectivity index (χ4n) is 1.62. The molecule has 22 heavy (non-hydrogen) atoms. The predicted octanol–water partition coefficient (Wildman–Crippen LogP) is 1.51. The van der Waals surface area contributed by atoms with Gasteiger partial charge in [-0.15, -0.1) is 11.8 Å². The van der Waals surface area contributed by atoms with Crippen molar-refractivity contribution in [2.75, 3.05) is 5.75 Å². The van der Waals surface area contributed by atoms with Crippen LogP contribution in [0.1, 0.15) is 31.1 Å². The smallest absolute Gasteiger partial charge is 0.325 e. The number of aliphatic carboxylic acids is 1. The summed E-state index contributed by atoms with van der Waals surface area (Å²) in [6.07, 6.45) is 0. The first-order chi connectivity index (χ1) is 10.3. The molecule has 0 radical (unpaired) electrons. The van der Waals surface area contributed by atoms with Crippen LogP contribution in [0.4, 0.5) is 0 Å². The number of carboxylic acids is 1. The van der Waals surface area contributed by atoms with Crippen LogP contribution in [0.3, 0.4) is 0 Å². The van der Waals surface area contributed by atoms with Crippen LogP contribution in [-0.2, 0) is 9.59 Å². The van der Waals surface area contributed by atoms with E-state index in [4.69, 9.17) is 5.11 Å². The first-order valence-electron chi connectivity index (χ1n) is 6.86. The highest BCUT2D eigenvalue weighted by molar-refractivity contribution is 8.00. The molecular weight excluding hydrogens is 304 g/mol. The largest absolute Gasteiger partial charge is 0.480 e. The van der Waals surface area contributed by atoms with Crippen LogP contribution in [0.25, 0.3) is 0 Å². The number of hydrogen-bond acceptors (Lipinski definition) is 4. The normalized spacial score (nSPS) is 11.8. The van der Waals surface area contributed by atoms with Gasteiger partial charge >= 0.3 is 5.97 Å². The van der Waals surface area contributed by atoms with Crippen LogP contribution < -0.4 is 10.6 Å². The third-order valence-corrected chi connectivity index (χ3v) is 3.73. The average Bonchev–Trinajstić information content (AvgIpc) is 2.44. The third-order valence-electron chi connectivity index (χ3n) is 2.66. The molecule has 0 unspecified atom stereocenters. The summed E-state index contributed by atoms with van der Waals surface area (Å²) < 4.78 is 0. The highest BCUT2D eigenvalue weighted by Crippen LogP contribution is 2.22. The monoisotopic (exact) mass is 324 g/mol. The molecule has 7 heteroatoms. The van der Waals surface area contributed by atoms with Crippen LogP contribution in [-0.4, -0.2) is 40.7 Å². The van der Waals surface area contributed by atoms with Crippen LogP contribution in [0, 0.1) is 0 Å². The summed E-state index contributed by atoms with van der Waals surface area (Å²) in [6.45, 7) is 5.14. The minimum absolute atomic E-state index is 0.0584. The predicted molar refractivity (Wildman–Crippen MR) is 85.0 cm³/mol. The summed E-state index contributed by atoms with van der Waals surface area (Å²) in [5.41, 5.74) is 0.359. The fraction of sp³-hybridized carbons (Fsp3) is 0.400. The van der Waals surface area contributed by atoms with E-state index in [1.807, 2.05) is 13.8 Å². The van der Waals surface area contributed by atoms with Crippen LogP contribution in [0.5, 0.6) is 0 Å². The van der Waals surface area contributed by atoms with E-state index in [-0.39, 0.29) is 17.7 Å². The van der Waals surface area contributed by atoms with Crippen molar-refractivity contribution < 1.29 is 19.5 Å². The highest BCUT2D eigenvalue weighted by Gasteiger charge is 2.18. The number of benzene rings is 1. The SMILES string of the molecule is CC(C)NC(=O)CSc1ccccc1C(=O)N[C@@H](C)C(=O)O. The Morgan fingerprint density at radius 2 is 1.77 bits per heavy atom. The van der Waals surface area contributed by atoms with E-state index in [2.05, 4.69) is 10.6 Å². The summed E-state index contributed by atoms with van der Waals surface area (Å²) in [4.78, 5) is 35.2. The molecule has 0 aliphatic carbocycles. The molecule has 6 nitrogen and oxygen atoms in total. The van der Waals surface area contributed by atoms with Gasteiger partial charge in [-0.3, -0.25) is 14.4 Å². The second-order valence-corrected chi connectivity index (χ2v) is 6.06. The maximum atomic E-state index is 12.1. The van der Waals surface area contributed by atoms with Crippen LogP contribution >= 0.6 is 11.8 Å². The van der Waals surface area contributed by atoms with Crippen molar-refractivity contribution in [2.45, 2.75) is 37.8 Å². The van der Waals surface area contributed by atoms with Crippen molar-refractivity contribution in [3.8, 4) is 0 Å². The van der Waals surface area contributed by atoms with E-state index >= 15 is 0 Å². The number of carbonyl (C=O) groups is 3. The summed E-state index contributed by atoms with van der Waals surface area (Å²) >= 11 is 1.24. The quantitative estimate of drug-likeness (QED) is 0.661. The van der Waals surface area contributed by atoms with Crippen LogP contribution in [0.15, 0.2) is 29.2 Å². The van der Waals surface area contributed by atoms with Crippen molar-refractivity contribution >= 4 is 29.5 Å². The first-order valence-corrected chi connectivity index (χ1v) is 7.84. The van der Waals surface area contributed by atoms with Gasteiger partial charge in [0.05, 0.1) is 11.3 Å². The maximum Gasteiger partial charge on any atom is 0.325 e. The molecule has 1 atom stereocenters. The molecule has 0 fully saturated rings. The van der Waals surface area contributed by atoms with Gasteiger partial charge in [0.15, 0.2) is 0 Å². The van der Waals surface area contributed by atoms with Crippen molar-refractivity contribution in [3.63, 3.8) is 0 Å². The minimum Gasteiger partial charge on any atom is -0.480 e. The van der Waals surface area contributed by atoms with Crippen molar-refractivity contribution in [1.29, 1.82) is 0 Å². The number of nitrogens with one attached hydrogen (secondary N) is 2. The summed E-state index contributed by atoms with van der Waals surface area (Å²) in [5, 5.41) is 14.0. The van der Waals surface area contributed by atoms with Gasteiger partial charge < -0.3 is 15.7 Å². The standard InChI is InChI=1S/C15H20N2O4S/c1-9(2)16-13(18)8-22-12-7-5-4-6-11(12)14(19)17-10(3)15(20)21/h4-7,9-10H,8H2,1-3H3,(H,16,18)(H,17,19)(H,20,21)/t10-/m0/s1.